The Labute approximate surface area is 113 Å². The Morgan fingerprint density at radius 1 is 1.32 bits per heavy atom. The molecule has 0 spiro atoms. The van der Waals surface area contributed by atoms with Crippen LogP contribution < -0.4 is 5.73 Å². The number of hydrogen-bond donors (Lipinski definition) is 2. The zero-order chi connectivity index (χ0) is 14.3. The van der Waals surface area contributed by atoms with Crippen LogP contribution in [0, 0.1) is 0 Å². The third-order valence-electron chi connectivity index (χ3n) is 3.18. The van der Waals surface area contributed by atoms with E-state index in [9.17, 15) is 5.11 Å². The summed E-state index contributed by atoms with van der Waals surface area (Å²) >= 11 is 0. The first-order valence-corrected chi connectivity index (χ1v) is 6.49. The minimum atomic E-state index is -0.947. The van der Waals surface area contributed by atoms with Crippen molar-refractivity contribution in [2.45, 2.75) is 45.3 Å². The summed E-state index contributed by atoms with van der Waals surface area (Å²) in [6.45, 7) is 8.30. The van der Waals surface area contributed by atoms with Gasteiger partial charge in [-0.3, -0.25) is 4.98 Å². The van der Waals surface area contributed by atoms with Crippen LogP contribution in [0.25, 0.3) is 11.0 Å². The molecule has 0 radical (unpaired) electrons. The number of fused-ring (bicyclic) bond motifs is 1. The third-order valence-corrected chi connectivity index (χ3v) is 3.18. The molecule has 0 amide bonds. The topological polar surface area (TPSA) is 77.0 Å². The van der Waals surface area contributed by atoms with E-state index in [0.717, 1.165) is 16.9 Å². The highest BCUT2D eigenvalue weighted by Crippen LogP contribution is 2.26. The molecule has 2 aromatic rings. The smallest absolute Gasteiger partial charge is 0.113 e. The van der Waals surface area contributed by atoms with Crippen LogP contribution in [-0.2, 0) is 12.0 Å². The number of hydrogen-bond acceptors (Lipinski definition) is 4. The first kappa shape index (κ1) is 14.0. The average molecular weight is 262 g/mol. The predicted octanol–water partition coefficient (Wildman–Crippen LogP) is 1.44. The number of imidazole rings is 1. The van der Waals surface area contributed by atoms with Crippen molar-refractivity contribution in [1.82, 2.24) is 14.5 Å². The zero-order valence-corrected chi connectivity index (χ0v) is 12.0. The number of pyridine rings is 1. The fourth-order valence-corrected chi connectivity index (χ4v) is 2.26. The molecule has 0 aliphatic carbocycles. The normalized spacial score (nSPS) is 15.7. The Hall–Kier alpha value is -1.46. The first-order chi connectivity index (χ1) is 8.74. The van der Waals surface area contributed by atoms with E-state index in [2.05, 4.69) is 35.3 Å². The highest BCUT2D eigenvalue weighted by Gasteiger charge is 2.27. The summed E-state index contributed by atoms with van der Waals surface area (Å²) in [5.74, 6) is 0.839. The summed E-state index contributed by atoms with van der Waals surface area (Å²) in [4.78, 5) is 8.70. The molecule has 2 rings (SSSR count). The number of nitrogens with zero attached hydrogens (tertiary/aromatic N) is 3. The third kappa shape index (κ3) is 2.77. The molecule has 2 heterocycles. The summed E-state index contributed by atoms with van der Waals surface area (Å²) in [6.07, 6.45) is 3.94. The van der Waals surface area contributed by atoms with Crippen molar-refractivity contribution < 1.29 is 5.11 Å². The van der Waals surface area contributed by atoms with Crippen LogP contribution in [-0.4, -0.2) is 31.8 Å². The van der Waals surface area contributed by atoms with Gasteiger partial charge in [0.2, 0.25) is 0 Å². The van der Waals surface area contributed by atoms with Crippen molar-refractivity contribution in [2.24, 2.45) is 5.73 Å². The molecule has 3 N–H and O–H groups in total. The summed E-state index contributed by atoms with van der Waals surface area (Å²) in [6, 6.07) is 1.95. The lowest BCUT2D eigenvalue weighted by Gasteiger charge is -2.27. The van der Waals surface area contributed by atoms with Gasteiger partial charge in [-0.25, -0.2) is 4.98 Å². The van der Waals surface area contributed by atoms with E-state index in [0.29, 0.717) is 6.42 Å². The quantitative estimate of drug-likeness (QED) is 0.877. The molecule has 104 valence electrons. The number of nitrogens with two attached hydrogens (primary N) is 1. The van der Waals surface area contributed by atoms with Crippen molar-refractivity contribution in [3.05, 3.63) is 24.3 Å². The van der Waals surface area contributed by atoms with E-state index in [-0.39, 0.29) is 12.1 Å². The average Bonchev–Trinajstić information content (AvgIpc) is 2.65. The maximum absolute atomic E-state index is 10.2. The van der Waals surface area contributed by atoms with Gasteiger partial charge in [0.1, 0.15) is 11.3 Å². The van der Waals surface area contributed by atoms with Crippen molar-refractivity contribution >= 4 is 11.0 Å². The lowest BCUT2D eigenvalue weighted by atomic mass is 10.0. The lowest BCUT2D eigenvalue weighted by Crippen LogP contribution is -2.38. The van der Waals surface area contributed by atoms with Crippen LogP contribution in [0.15, 0.2) is 18.5 Å². The maximum atomic E-state index is 10.2. The van der Waals surface area contributed by atoms with Crippen molar-refractivity contribution in [3.8, 4) is 0 Å². The van der Waals surface area contributed by atoms with Crippen molar-refractivity contribution in [3.63, 3.8) is 0 Å². The van der Waals surface area contributed by atoms with Gasteiger partial charge in [0, 0.05) is 24.7 Å². The van der Waals surface area contributed by atoms with Gasteiger partial charge in [-0.2, -0.15) is 0 Å². The second kappa shape index (κ2) is 4.58. The summed E-state index contributed by atoms with van der Waals surface area (Å²) < 4.78 is 2.15. The van der Waals surface area contributed by atoms with Gasteiger partial charge < -0.3 is 15.4 Å². The highest BCUT2D eigenvalue weighted by molar-refractivity contribution is 5.75. The Bertz CT molecular complexity index is 581. The van der Waals surface area contributed by atoms with Crippen molar-refractivity contribution in [2.75, 3.05) is 6.54 Å². The molecule has 2 aromatic heterocycles. The summed E-state index contributed by atoms with van der Waals surface area (Å²) in [7, 11) is 0. The van der Waals surface area contributed by atoms with Gasteiger partial charge in [0.25, 0.3) is 0 Å². The molecular weight excluding hydrogens is 240 g/mol. The second-order valence-electron chi connectivity index (χ2n) is 6.28. The van der Waals surface area contributed by atoms with Gasteiger partial charge in [-0.05, 0) is 33.8 Å². The van der Waals surface area contributed by atoms with Crippen LogP contribution in [0.1, 0.15) is 33.5 Å². The molecule has 19 heavy (non-hydrogen) atoms. The zero-order valence-electron chi connectivity index (χ0n) is 12.0. The Balaban J connectivity index is 2.60. The molecule has 1 unspecified atom stereocenters. The van der Waals surface area contributed by atoms with Crippen molar-refractivity contribution in [1.29, 1.82) is 0 Å². The van der Waals surface area contributed by atoms with E-state index in [1.807, 2.05) is 6.07 Å². The molecule has 0 fully saturated rings. The molecule has 0 saturated carbocycles. The molecular formula is C14H22N4O. The van der Waals surface area contributed by atoms with Gasteiger partial charge in [0.05, 0.1) is 17.3 Å². The van der Waals surface area contributed by atoms with E-state index >= 15 is 0 Å². The lowest BCUT2D eigenvalue weighted by molar-refractivity contribution is 0.0658. The molecule has 1 atom stereocenters. The Kier molecular flexibility index (Phi) is 3.36. The van der Waals surface area contributed by atoms with Crippen LogP contribution in [0.3, 0.4) is 0 Å². The SMILES string of the molecule is CC(O)(CN)Cc1nc2cnccc2n1C(C)(C)C. The van der Waals surface area contributed by atoms with E-state index in [4.69, 9.17) is 5.73 Å². The van der Waals surface area contributed by atoms with Crippen LogP contribution in [0.2, 0.25) is 0 Å². The van der Waals surface area contributed by atoms with Gasteiger partial charge in [0.15, 0.2) is 0 Å². The van der Waals surface area contributed by atoms with Crippen LogP contribution in [0.5, 0.6) is 0 Å². The Morgan fingerprint density at radius 2 is 2.00 bits per heavy atom. The van der Waals surface area contributed by atoms with Crippen LogP contribution in [0.4, 0.5) is 0 Å². The van der Waals surface area contributed by atoms with Gasteiger partial charge in [-0.1, -0.05) is 0 Å². The fourth-order valence-electron chi connectivity index (χ4n) is 2.26. The molecule has 0 saturated heterocycles. The van der Waals surface area contributed by atoms with E-state index in [1.165, 1.54) is 0 Å². The molecule has 0 aliphatic heterocycles. The number of aliphatic hydroxyl groups is 1. The molecule has 5 heteroatoms. The maximum Gasteiger partial charge on any atom is 0.113 e. The predicted molar refractivity (Wildman–Crippen MR) is 75.9 cm³/mol. The largest absolute Gasteiger partial charge is 0.388 e. The standard InChI is InChI=1S/C14H22N4O/c1-13(2,3)18-11-5-6-16-8-10(11)17-12(18)7-14(4,19)9-15/h5-6,8,19H,7,9,15H2,1-4H3. The monoisotopic (exact) mass is 262 g/mol. The van der Waals surface area contributed by atoms with Crippen LogP contribution >= 0.6 is 0 Å². The summed E-state index contributed by atoms with van der Waals surface area (Å²) in [5, 5.41) is 10.2. The Morgan fingerprint density at radius 3 is 2.58 bits per heavy atom. The second-order valence-corrected chi connectivity index (χ2v) is 6.28. The minimum Gasteiger partial charge on any atom is -0.388 e. The first-order valence-electron chi connectivity index (χ1n) is 6.49. The summed E-state index contributed by atoms with van der Waals surface area (Å²) in [5.41, 5.74) is 6.43. The molecule has 0 aliphatic rings. The fraction of sp³-hybridized carbons (Fsp3) is 0.571. The molecule has 0 aromatic carbocycles. The molecule has 0 bridgehead atoms. The minimum absolute atomic E-state index is 0.115. The van der Waals surface area contributed by atoms with E-state index < -0.39 is 5.60 Å². The number of aromatic nitrogens is 3. The molecule has 5 nitrogen and oxygen atoms in total. The van der Waals surface area contributed by atoms with Gasteiger partial charge >= 0.3 is 0 Å². The van der Waals surface area contributed by atoms with Gasteiger partial charge in [-0.15, -0.1) is 0 Å². The highest BCUT2D eigenvalue weighted by atomic mass is 16.3. The number of rotatable bonds is 3. The van der Waals surface area contributed by atoms with E-state index in [1.54, 1.807) is 19.3 Å².